The Bertz CT molecular complexity index is 526. The van der Waals surface area contributed by atoms with Crippen molar-refractivity contribution < 1.29 is 19.4 Å². The quantitative estimate of drug-likeness (QED) is 0.748. The van der Waals surface area contributed by atoms with Gasteiger partial charge >= 0.3 is 12.0 Å². The van der Waals surface area contributed by atoms with E-state index in [-0.39, 0.29) is 18.3 Å². The SMILES string of the molecule is COCCNC(=O)N1CCc2c(c(C(=O)O)nn2C)C1. The third kappa shape index (κ3) is 2.74. The van der Waals surface area contributed by atoms with E-state index in [1.807, 2.05) is 0 Å². The van der Waals surface area contributed by atoms with Crippen molar-refractivity contribution in [2.45, 2.75) is 13.0 Å². The first-order valence-electron chi connectivity index (χ1n) is 6.34. The van der Waals surface area contributed by atoms with Crippen LogP contribution >= 0.6 is 0 Å². The first-order chi connectivity index (χ1) is 9.54. The van der Waals surface area contributed by atoms with Gasteiger partial charge in [-0.2, -0.15) is 5.10 Å². The van der Waals surface area contributed by atoms with Crippen LogP contribution in [0.5, 0.6) is 0 Å². The van der Waals surface area contributed by atoms with Crippen LogP contribution in [0, 0.1) is 0 Å². The Morgan fingerprint density at radius 2 is 2.25 bits per heavy atom. The summed E-state index contributed by atoms with van der Waals surface area (Å²) in [4.78, 5) is 24.7. The minimum Gasteiger partial charge on any atom is -0.476 e. The number of amides is 2. The number of carbonyl (C=O) groups is 2. The van der Waals surface area contributed by atoms with Crippen molar-refractivity contribution >= 4 is 12.0 Å². The number of methoxy groups -OCH3 is 1. The van der Waals surface area contributed by atoms with Crippen LogP contribution in [0.25, 0.3) is 0 Å². The second-order valence-corrected chi connectivity index (χ2v) is 4.60. The molecule has 8 nitrogen and oxygen atoms in total. The lowest BCUT2D eigenvalue weighted by molar-refractivity contribution is 0.0687. The largest absolute Gasteiger partial charge is 0.476 e. The highest BCUT2D eigenvalue weighted by Crippen LogP contribution is 2.22. The van der Waals surface area contributed by atoms with Crippen LogP contribution in [0.2, 0.25) is 0 Å². The third-order valence-electron chi connectivity index (χ3n) is 3.31. The van der Waals surface area contributed by atoms with Crippen molar-refractivity contribution in [2.24, 2.45) is 7.05 Å². The minimum atomic E-state index is -1.07. The molecule has 0 saturated carbocycles. The number of aromatic carboxylic acids is 1. The van der Waals surface area contributed by atoms with Gasteiger partial charge in [0.15, 0.2) is 5.69 Å². The zero-order chi connectivity index (χ0) is 14.7. The van der Waals surface area contributed by atoms with Gasteiger partial charge in [-0.3, -0.25) is 4.68 Å². The van der Waals surface area contributed by atoms with Crippen LogP contribution in [-0.4, -0.2) is 58.6 Å². The number of carboxylic acid groups (broad SMARTS) is 1. The number of nitrogens with zero attached hydrogens (tertiary/aromatic N) is 3. The van der Waals surface area contributed by atoms with Crippen LogP contribution < -0.4 is 5.32 Å². The van der Waals surface area contributed by atoms with Crippen molar-refractivity contribution in [3.05, 3.63) is 17.0 Å². The molecule has 8 heteroatoms. The average molecular weight is 282 g/mol. The number of carboxylic acids is 1. The van der Waals surface area contributed by atoms with E-state index in [2.05, 4.69) is 10.4 Å². The Balaban J connectivity index is 2.10. The number of ether oxygens (including phenoxy) is 1. The number of aryl methyl sites for hydroxylation is 1. The van der Waals surface area contributed by atoms with Gasteiger partial charge in [0.25, 0.3) is 0 Å². The molecule has 2 heterocycles. The van der Waals surface area contributed by atoms with Gasteiger partial charge in [-0.1, -0.05) is 0 Å². The lowest BCUT2D eigenvalue weighted by Crippen LogP contribution is -2.44. The van der Waals surface area contributed by atoms with Gasteiger partial charge in [-0.15, -0.1) is 0 Å². The minimum absolute atomic E-state index is 0.0249. The van der Waals surface area contributed by atoms with Crippen molar-refractivity contribution in [1.82, 2.24) is 20.0 Å². The summed E-state index contributed by atoms with van der Waals surface area (Å²) >= 11 is 0. The third-order valence-corrected chi connectivity index (χ3v) is 3.31. The molecule has 0 fully saturated rings. The summed E-state index contributed by atoms with van der Waals surface area (Å²) in [5.74, 6) is -1.07. The zero-order valence-corrected chi connectivity index (χ0v) is 11.5. The molecule has 110 valence electrons. The van der Waals surface area contributed by atoms with Crippen LogP contribution in [0.3, 0.4) is 0 Å². The average Bonchev–Trinajstić information content (AvgIpc) is 2.76. The summed E-state index contributed by atoms with van der Waals surface area (Å²) in [5, 5.41) is 15.9. The molecular formula is C12H18N4O4. The highest BCUT2D eigenvalue weighted by molar-refractivity contribution is 5.87. The molecule has 0 bridgehead atoms. The molecule has 1 aliphatic rings. The topological polar surface area (TPSA) is 96.7 Å². The summed E-state index contributed by atoms with van der Waals surface area (Å²) in [5.41, 5.74) is 1.52. The normalized spacial score (nSPS) is 14.0. The molecule has 0 atom stereocenters. The Labute approximate surface area is 116 Å². The summed E-state index contributed by atoms with van der Waals surface area (Å²) in [6.07, 6.45) is 0.601. The number of hydrogen-bond donors (Lipinski definition) is 2. The molecule has 2 rings (SSSR count). The van der Waals surface area contributed by atoms with E-state index < -0.39 is 5.97 Å². The lowest BCUT2D eigenvalue weighted by atomic mass is 10.1. The van der Waals surface area contributed by atoms with Crippen molar-refractivity contribution in [1.29, 1.82) is 0 Å². The Hall–Kier alpha value is -2.09. The van der Waals surface area contributed by atoms with Gasteiger partial charge in [0, 0.05) is 44.9 Å². The molecule has 20 heavy (non-hydrogen) atoms. The van der Waals surface area contributed by atoms with E-state index in [0.717, 1.165) is 5.69 Å². The first kappa shape index (κ1) is 14.3. The number of fused-ring (bicyclic) bond motifs is 1. The molecule has 2 amide bonds. The molecule has 1 aromatic rings. The van der Waals surface area contributed by atoms with Crippen LogP contribution in [0.15, 0.2) is 0 Å². The van der Waals surface area contributed by atoms with Gasteiger partial charge in [-0.25, -0.2) is 9.59 Å². The van der Waals surface area contributed by atoms with Crippen LogP contribution in [0.1, 0.15) is 21.7 Å². The van der Waals surface area contributed by atoms with E-state index in [9.17, 15) is 9.59 Å². The summed E-state index contributed by atoms with van der Waals surface area (Å²) in [6, 6.07) is -0.215. The number of carbonyl (C=O) groups excluding carboxylic acids is 1. The fraction of sp³-hybridized carbons (Fsp3) is 0.583. The van der Waals surface area contributed by atoms with E-state index in [4.69, 9.17) is 9.84 Å². The van der Waals surface area contributed by atoms with Gasteiger partial charge < -0.3 is 20.1 Å². The number of rotatable bonds is 4. The Morgan fingerprint density at radius 3 is 2.90 bits per heavy atom. The van der Waals surface area contributed by atoms with Gasteiger partial charge in [0.2, 0.25) is 0 Å². The Morgan fingerprint density at radius 1 is 1.50 bits per heavy atom. The van der Waals surface area contributed by atoms with Gasteiger partial charge in [0.05, 0.1) is 13.2 Å². The number of nitrogens with one attached hydrogen (secondary N) is 1. The predicted molar refractivity (Wildman–Crippen MR) is 69.6 cm³/mol. The molecule has 0 unspecified atom stereocenters. The second-order valence-electron chi connectivity index (χ2n) is 4.60. The molecule has 0 radical (unpaired) electrons. The lowest BCUT2D eigenvalue weighted by Gasteiger charge is -2.27. The maximum Gasteiger partial charge on any atom is 0.356 e. The van der Waals surface area contributed by atoms with E-state index in [1.54, 1.807) is 23.7 Å². The molecule has 0 aromatic carbocycles. The van der Waals surface area contributed by atoms with Crippen LogP contribution in [-0.2, 0) is 24.8 Å². The summed E-state index contributed by atoms with van der Waals surface area (Å²) in [7, 11) is 3.29. The second kappa shape index (κ2) is 5.91. The monoisotopic (exact) mass is 282 g/mol. The fourth-order valence-electron chi connectivity index (χ4n) is 2.31. The molecule has 0 aliphatic carbocycles. The smallest absolute Gasteiger partial charge is 0.356 e. The molecule has 1 aromatic heterocycles. The highest BCUT2D eigenvalue weighted by Gasteiger charge is 2.28. The van der Waals surface area contributed by atoms with Crippen molar-refractivity contribution in [3.63, 3.8) is 0 Å². The van der Waals surface area contributed by atoms with E-state index >= 15 is 0 Å². The standard InChI is InChI=1S/C12H18N4O4/c1-15-9-3-5-16(12(19)13-4-6-20-2)7-8(9)10(14-15)11(17)18/h3-7H2,1-2H3,(H,13,19)(H,17,18). The summed E-state index contributed by atoms with van der Waals surface area (Å²) < 4.78 is 6.45. The molecule has 0 spiro atoms. The summed E-state index contributed by atoms with van der Waals surface area (Å²) in [6.45, 7) is 1.68. The molecular weight excluding hydrogens is 264 g/mol. The van der Waals surface area contributed by atoms with Crippen molar-refractivity contribution in [3.8, 4) is 0 Å². The highest BCUT2D eigenvalue weighted by atomic mass is 16.5. The molecule has 2 N–H and O–H groups in total. The fourth-order valence-corrected chi connectivity index (χ4v) is 2.31. The van der Waals surface area contributed by atoms with Crippen LogP contribution in [0.4, 0.5) is 4.79 Å². The number of hydrogen-bond acceptors (Lipinski definition) is 4. The number of aromatic nitrogens is 2. The first-order valence-corrected chi connectivity index (χ1v) is 6.34. The maximum absolute atomic E-state index is 12.0. The number of urea groups is 1. The van der Waals surface area contributed by atoms with E-state index in [1.165, 1.54) is 0 Å². The molecule has 0 saturated heterocycles. The Kier molecular flexibility index (Phi) is 4.23. The zero-order valence-electron chi connectivity index (χ0n) is 11.5. The molecule has 1 aliphatic heterocycles. The van der Waals surface area contributed by atoms with E-state index in [0.29, 0.717) is 31.7 Å². The van der Waals surface area contributed by atoms with Crippen molar-refractivity contribution in [2.75, 3.05) is 26.8 Å². The maximum atomic E-state index is 12.0. The van der Waals surface area contributed by atoms with Gasteiger partial charge in [0.1, 0.15) is 0 Å². The predicted octanol–water partition coefficient (Wildman–Crippen LogP) is -0.168. The van der Waals surface area contributed by atoms with Gasteiger partial charge in [-0.05, 0) is 0 Å².